The standard InChI is InChI=1S/C17H22ClN5O3S/c18-15-9-23(4-6-26-15)17(13-7-12-14(27-13)8-19-11-20-12)22-2-1-21(3-5-24)16(25)10-22/h7-8,11,15,17,24H,1-6,9-10H2. The molecule has 0 spiro atoms. The van der Waals surface area contributed by atoms with E-state index < -0.39 is 0 Å². The highest BCUT2D eigenvalue weighted by Crippen LogP contribution is 2.35. The number of amides is 1. The first kappa shape index (κ1) is 19.0. The van der Waals surface area contributed by atoms with Gasteiger partial charge in [-0.2, -0.15) is 0 Å². The number of carbonyl (C=O) groups excluding carboxylic acids is 1. The van der Waals surface area contributed by atoms with Gasteiger partial charge in [0.2, 0.25) is 5.91 Å². The first-order valence-corrected chi connectivity index (χ1v) is 10.2. The van der Waals surface area contributed by atoms with Crippen LogP contribution >= 0.6 is 22.9 Å². The molecule has 2 aliphatic heterocycles. The Bertz CT molecular complexity index is 773. The molecule has 2 aliphatic rings. The number of alkyl halides is 1. The molecule has 2 saturated heterocycles. The summed E-state index contributed by atoms with van der Waals surface area (Å²) in [5.41, 5.74) is 0.553. The molecule has 0 aromatic carbocycles. The van der Waals surface area contributed by atoms with Crippen LogP contribution in [0.3, 0.4) is 0 Å². The summed E-state index contributed by atoms with van der Waals surface area (Å²) in [5, 5.41) is 9.15. The SMILES string of the molecule is O=C1CN(C(c2cc3ncncc3s2)N2CCOC(Cl)C2)CCN1CCO. The van der Waals surface area contributed by atoms with E-state index in [1.54, 1.807) is 22.6 Å². The third kappa shape index (κ3) is 4.08. The van der Waals surface area contributed by atoms with Gasteiger partial charge in [-0.3, -0.25) is 14.6 Å². The molecular weight excluding hydrogens is 390 g/mol. The van der Waals surface area contributed by atoms with Gasteiger partial charge in [0, 0.05) is 43.8 Å². The van der Waals surface area contributed by atoms with E-state index in [1.807, 2.05) is 6.20 Å². The fourth-order valence-corrected chi connectivity index (χ4v) is 5.09. The minimum atomic E-state index is -0.359. The lowest BCUT2D eigenvalue weighted by Crippen LogP contribution is -2.56. The second kappa shape index (κ2) is 8.34. The third-order valence-corrected chi connectivity index (χ3v) is 6.30. The Balaban J connectivity index is 1.63. The van der Waals surface area contributed by atoms with Gasteiger partial charge in [0.25, 0.3) is 0 Å². The van der Waals surface area contributed by atoms with Crippen molar-refractivity contribution in [3.8, 4) is 0 Å². The van der Waals surface area contributed by atoms with Crippen molar-refractivity contribution >= 4 is 39.1 Å². The number of fused-ring (bicyclic) bond motifs is 1. The monoisotopic (exact) mass is 411 g/mol. The van der Waals surface area contributed by atoms with Gasteiger partial charge < -0.3 is 14.7 Å². The quantitative estimate of drug-likeness (QED) is 0.726. The minimum Gasteiger partial charge on any atom is -0.395 e. The number of aromatic nitrogens is 2. The first-order valence-electron chi connectivity index (χ1n) is 8.97. The van der Waals surface area contributed by atoms with Crippen LogP contribution in [0.25, 0.3) is 10.2 Å². The Morgan fingerprint density at radius 3 is 3.00 bits per heavy atom. The molecule has 27 heavy (non-hydrogen) atoms. The van der Waals surface area contributed by atoms with E-state index in [0.717, 1.165) is 28.2 Å². The smallest absolute Gasteiger partial charge is 0.236 e. The number of morpholine rings is 1. The molecule has 146 valence electrons. The van der Waals surface area contributed by atoms with Crippen molar-refractivity contribution in [2.45, 2.75) is 11.7 Å². The van der Waals surface area contributed by atoms with E-state index in [-0.39, 0.29) is 24.2 Å². The summed E-state index contributed by atoms with van der Waals surface area (Å²) in [6.45, 7) is 3.94. The van der Waals surface area contributed by atoms with E-state index in [1.165, 1.54) is 0 Å². The van der Waals surface area contributed by atoms with Gasteiger partial charge in [0.05, 0.1) is 36.1 Å². The number of rotatable bonds is 5. The summed E-state index contributed by atoms with van der Waals surface area (Å²) in [7, 11) is 0. The maximum absolute atomic E-state index is 12.5. The van der Waals surface area contributed by atoms with Crippen molar-refractivity contribution in [2.24, 2.45) is 0 Å². The van der Waals surface area contributed by atoms with Crippen molar-refractivity contribution in [3.63, 3.8) is 0 Å². The van der Waals surface area contributed by atoms with Crippen LogP contribution in [0.4, 0.5) is 0 Å². The summed E-state index contributed by atoms with van der Waals surface area (Å²) < 4.78 is 6.52. The molecule has 1 amide bonds. The van der Waals surface area contributed by atoms with Gasteiger partial charge in [0.15, 0.2) is 0 Å². The number of aliphatic hydroxyl groups excluding tert-OH is 1. The average molecular weight is 412 g/mol. The molecule has 10 heteroatoms. The van der Waals surface area contributed by atoms with Crippen LogP contribution in [-0.4, -0.2) is 93.7 Å². The van der Waals surface area contributed by atoms with Crippen LogP contribution in [0.1, 0.15) is 11.0 Å². The van der Waals surface area contributed by atoms with Gasteiger partial charge in [-0.05, 0) is 6.07 Å². The van der Waals surface area contributed by atoms with Crippen LogP contribution in [0, 0.1) is 0 Å². The van der Waals surface area contributed by atoms with Gasteiger partial charge >= 0.3 is 0 Å². The molecule has 2 atom stereocenters. The largest absolute Gasteiger partial charge is 0.395 e. The maximum Gasteiger partial charge on any atom is 0.236 e. The molecule has 0 saturated carbocycles. The van der Waals surface area contributed by atoms with E-state index in [9.17, 15) is 4.79 Å². The molecule has 2 unspecified atom stereocenters. The minimum absolute atomic E-state index is 0.0124. The maximum atomic E-state index is 12.5. The van der Waals surface area contributed by atoms with E-state index in [2.05, 4.69) is 25.8 Å². The first-order chi connectivity index (χ1) is 13.2. The normalized spacial score (nSPS) is 23.9. The highest BCUT2D eigenvalue weighted by atomic mass is 35.5. The fraction of sp³-hybridized carbons (Fsp3) is 0.588. The molecule has 8 nitrogen and oxygen atoms in total. The number of carbonyl (C=O) groups is 1. The van der Waals surface area contributed by atoms with Gasteiger partial charge in [0.1, 0.15) is 11.9 Å². The molecule has 1 N–H and O–H groups in total. The Labute approximate surface area is 166 Å². The number of ether oxygens (including phenoxy) is 1. The van der Waals surface area contributed by atoms with E-state index in [0.29, 0.717) is 32.8 Å². The molecular formula is C17H22ClN5O3S. The summed E-state index contributed by atoms with van der Waals surface area (Å²) >= 11 is 7.90. The Morgan fingerprint density at radius 1 is 1.37 bits per heavy atom. The average Bonchev–Trinajstić information content (AvgIpc) is 3.08. The summed E-state index contributed by atoms with van der Waals surface area (Å²) in [6, 6.07) is 2.08. The molecule has 0 radical (unpaired) electrons. The molecule has 4 heterocycles. The molecule has 0 bridgehead atoms. The van der Waals surface area contributed by atoms with Gasteiger partial charge in [-0.1, -0.05) is 11.6 Å². The molecule has 2 aromatic heterocycles. The number of β-amino-alcohol motifs (C(OH)–C–C–N with tert-alkyl or cyclic N) is 1. The number of piperazine rings is 1. The topological polar surface area (TPSA) is 82.0 Å². The zero-order valence-electron chi connectivity index (χ0n) is 14.8. The second-order valence-electron chi connectivity index (χ2n) is 6.65. The predicted octanol–water partition coefficient (Wildman–Crippen LogP) is 0.724. The van der Waals surface area contributed by atoms with E-state index >= 15 is 0 Å². The lowest BCUT2D eigenvalue weighted by atomic mass is 10.2. The van der Waals surface area contributed by atoms with Crippen LogP contribution < -0.4 is 0 Å². The van der Waals surface area contributed by atoms with Crippen molar-refractivity contribution < 1.29 is 14.6 Å². The summed E-state index contributed by atoms with van der Waals surface area (Å²) in [4.78, 5) is 28.3. The highest BCUT2D eigenvalue weighted by molar-refractivity contribution is 7.19. The Hall–Kier alpha value is -1.36. The number of aliphatic hydroxyl groups is 1. The lowest BCUT2D eigenvalue weighted by Gasteiger charge is -2.44. The second-order valence-corrected chi connectivity index (χ2v) is 8.25. The lowest BCUT2D eigenvalue weighted by molar-refractivity contribution is -0.141. The number of nitrogens with zero attached hydrogens (tertiary/aromatic N) is 5. The summed E-state index contributed by atoms with van der Waals surface area (Å²) in [5.74, 6) is 0.0388. The highest BCUT2D eigenvalue weighted by Gasteiger charge is 2.36. The van der Waals surface area contributed by atoms with Crippen molar-refractivity contribution in [2.75, 3.05) is 52.5 Å². The van der Waals surface area contributed by atoms with Crippen LogP contribution in [-0.2, 0) is 9.53 Å². The molecule has 4 rings (SSSR count). The Kier molecular flexibility index (Phi) is 5.86. The zero-order chi connectivity index (χ0) is 18.8. The number of thiophene rings is 1. The van der Waals surface area contributed by atoms with Gasteiger partial charge in [-0.15, -0.1) is 11.3 Å². The van der Waals surface area contributed by atoms with Crippen LogP contribution in [0.15, 0.2) is 18.6 Å². The van der Waals surface area contributed by atoms with Crippen molar-refractivity contribution in [1.29, 1.82) is 0 Å². The third-order valence-electron chi connectivity index (χ3n) is 4.93. The number of halogens is 1. The van der Waals surface area contributed by atoms with Gasteiger partial charge in [-0.25, -0.2) is 9.97 Å². The zero-order valence-corrected chi connectivity index (χ0v) is 16.4. The van der Waals surface area contributed by atoms with E-state index in [4.69, 9.17) is 21.4 Å². The molecule has 0 aliphatic carbocycles. The summed E-state index contributed by atoms with van der Waals surface area (Å²) in [6.07, 6.45) is 3.31. The van der Waals surface area contributed by atoms with Crippen LogP contribution in [0.2, 0.25) is 0 Å². The molecule has 2 aromatic rings. The van der Waals surface area contributed by atoms with Crippen LogP contribution in [0.5, 0.6) is 0 Å². The van der Waals surface area contributed by atoms with Crippen molar-refractivity contribution in [1.82, 2.24) is 24.7 Å². The predicted molar refractivity (Wildman–Crippen MR) is 103 cm³/mol. The molecule has 2 fully saturated rings. The fourth-order valence-electron chi connectivity index (χ4n) is 3.66. The number of hydrogen-bond acceptors (Lipinski definition) is 8. The number of hydrogen-bond donors (Lipinski definition) is 1. The van der Waals surface area contributed by atoms with Crippen molar-refractivity contribution in [3.05, 3.63) is 23.5 Å². The Morgan fingerprint density at radius 2 is 2.26 bits per heavy atom.